The zero-order valence-electron chi connectivity index (χ0n) is 14.5. The van der Waals surface area contributed by atoms with E-state index in [0.29, 0.717) is 13.1 Å². The Morgan fingerprint density at radius 3 is 2.67 bits per heavy atom. The van der Waals surface area contributed by atoms with Gasteiger partial charge in [0.25, 0.3) is 0 Å². The minimum atomic E-state index is -0.326. The van der Waals surface area contributed by atoms with E-state index in [0.717, 1.165) is 18.4 Å². The van der Waals surface area contributed by atoms with E-state index in [9.17, 15) is 9.59 Å². The van der Waals surface area contributed by atoms with Crippen molar-refractivity contribution >= 4 is 12.0 Å². The van der Waals surface area contributed by atoms with E-state index in [2.05, 4.69) is 0 Å². The zero-order valence-corrected chi connectivity index (χ0v) is 14.5. The molecule has 1 aromatic rings. The SMILES string of the molecule is CC(C)N(C(=O)CN)[C@H]1CCCN(C(=O)OCc2ccccc2)C1. The second-order valence-electron chi connectivity index (χ2n) is 6.38. The second-order valence-corrected chi connectivity index (χ2v) is 6.38. The third-order valence-electron chi connectivity index (χ3n) is 4.27. The van der Waals surface area contributed by atoms with E-state index in [-0.39, 0.29) is 37.2 Å². The van der Waals surface area contributed by atoms with Crippen LogP contribution >= 0.6 is 0 Å². The number of nitrogens with zero attached hydrogens (tertiary/aromatic N) is 2. The topological polar surface area (TPSA) is 75.9 Å². The maximum absolute atomic E-state index is 12.3. The van der Waals surface area contributed by atoms with Gasteiger partial charge < -0.3 is 20.3 Å². The minimum Gasteiger partial charge on any atom is -0.445 e. The Morgan fingerprint density at radius 2 is 2.04 bits per heavy atom. The van der Waals surface area contributed by atoms with Crippen LogP contribution in [0.25, 0.3) is 0 Å². The van der Waals surface area contributed by atoms with Gasteiger partial charge in [0.1, 0.15) is 6.61 Å². The number of ether oxygens (including phenoxy) is 1. The van der Waals surface area contributed by atoms with Gasteiger partial charge in [-0.1, -0.05) is 30.3 Å². The molecule has 1 aromatic carbocycles. The van der Waals surface area contributed by atoms with Crippen molar-refractivity contribution in [1.82, 2.24) is 9.80 Å². The molecule has 0 radical (unpaired) electrons. The number of carbonyl (C=O) groups is 2. The van der Waals surface area contributed by atoms with E-state index in [4.69, 9.17) is 10.5 Å². The highest BCUT2D eigenvalue weighted by molar-refractivity contribution is 5.78. The molecular formula is C18H27N3O3. The van der Waals surface area contributed by atoms with Crippen LogP contribution in [0, 0.1) is 0 Å². The third kappa shape index (κ3) is 4.71. The van der Waals surface area contributed by atoms with Gasteiger partial charge in [-0.15, -0.1) is 0 Å². The van der Waals surface area contributed by atoms with Crippen molar-refractivity contribution in [3.8, 4) is 0 Å². The van der Waals surface area contributed by atoms with Crippen molar-refractivity contribution in [2.24, 2.45) is 5.73 Å². The van der Waals surface area contributed by atoms with Gasteiger partial charge in [-0.2, -0.15) is 0 Å². The molecule has 0 bridgehead atoms. The van der Waals surface area contributed by atoms with Crippen LogP contribution in [0.4, 0.5) is 4.79 Å². The van der Waals surface area contributed by atoms with E-state index in [1.54, 1.807) is 9.80 Å². The first-order valence-electron chi connectivity index (χ1n) is 8.49. The van der Waals surface area contributed by atoms with E-state index in [1.807, 2.05) is 44.2 Å². The lowest BCUT2D eigenvalue weighted by Gasteiger charge is -2.40. The summed E-state index contributed by atoms with van der Waals surface area (Å²) in [5.41, 5.74) is 6.49. The van der Waals surface area contributed by atoms with Gasteiger partial charge in [0, 0.05) is 25.2 Å². The quantitative estimate of drug-likeness (QED) is 0.894. The van der Waals surface area contributed by atoms with Gasteiger partial charge >= 0.3 is 6.09 Å². The maximum Gasteiger partial charge on any atom is 0.410 e. The predicted molar refractivity (Wildman–Crippen MR) is 92.3 cm³/mol. The number of piperidine rings is 1. The van der Waals surface area contributed by atoms with Gasteiger partial charge in [0.05, 0.1) is 6.54 Å². The second kappa shape index (κ2) is 8.68. The van der Waals surface area contributed by atoms with Crippen molar-refractivity contribution in [3.05, 3.63) is 35.9 Å². The van der Waals surface area contributed by atoms with Crippen molar-refractivity contribution in [2.45, 2.75) is 45.4 Å². The number of carbonyl (C=O) groups excluding carboxylic acids is 2. The molecule has 0 saturated carbocycles. The molecule has 0 unspecified atom stereocenters. The largest absolute Gasteiger partial charge is 0.445 e. The van der Waals surface area contributed by atoms with Crippen molar-refractivity contribution in [2.75, 3.05) is 19.6 Å². The van der Waals surface area contributed by atoms with Crippen LogP contribution in [0.1, 0.15) is 32.3 Å². The molecular weight excluding hydrogens is 306 g/mol. The summed E-state index contributed by atoms with van der Waals surface area (Å²) in [5.74, 6) is -0.0745. The normalized spacial score (nSPS) is 17.7. The van der Waals surface area contributed by atoms with Crippen molar-refractivity contribution in [1.29, 1.82) is 0 Å². The molecule has 1 fully saturated rings. The predicted octanol–water partition coefficient (Wildman–Crippen LogP) is 1.98. The fraction of sp³-hybridized carbons (Fsp3) is 0.556. The molecule has 1 saturated heterocycles. The highest BCUT2D eigenvalue weighted by atomic mass is 16.6. The lowest BCUT2D eigenvalue weighted by Crippen LogP contribution is -2.55. The number of likely N-dealkylation sites (tertiary alicyclic amines) is 1. The smallest absolute Gasteiger partial charge is 0.410 e. The highest BCUT2D eigenvalue weighted by Gasteiger charge is 2.32. The molecule has 2 rings (SSSR count). The average molecular weight is 333 g/mol. The van der Waals surface area contributed by atoms with Crippen LogP contribution < -0.4 is 5.73 Å². The van der Waals surface area contributed by atoms with E-state index < -0.39 is 0 Å². The number of hydrogen-bond acceptors (Lipinski definition) is 4. The van der Waals surface area contributed by atoms with Gasteiger partial charge in [-0.25, -0.2) is 4.79 Å². The maximum atomic E-state index is 12.3. The third-order valence-corrected chi connectivity index (χ3v) is 4.27. The molecule has 0 aliphatic carbocycles. The number of amides is 2. The summed E-state index contributed by atoms with van der Waals surface area (Å²) in [6.45, 7) is 5.36. The van der Waals surface area contributed by atoms with Gasteiger partial charge in [0.2, 0.25) is 5.91 Å². The van der Waals surface area contributed by atoms with E-state index in [1.165, 1.54) is 0 Å². The molecule has 24 heavy (non-hydrogen) atoms. The van der Waals surface area contributed by atoms with Gasteiger partial charge in [-0.05, 0) is 32.3 Å². The summed E-state index contributed by atoms with van der Waals surface area (Å²) in [6.07, 6.45) is 1.41. The van der Waals surface area contributed by atoms with Crippen molar-refractivity contribution in [3.63, 3.8) is 0 Å². The number of benzene rings is 1. The first kappa shape index (κ1) is 18.3. The van der Waals surface area contributed by atoms with Crippen LogP contribution in [-0.2, 0) is 16.1 Å². The Bertz CT molecular complexity index is 548. The zero-order chi connectivity index (χ0) is 17.5. The Morgan fingerprint density at radius 1 is 1.33 bits per heavy atom. The van der Waals surface area contributed by atoms with Crippen LogP contribution in [0.3, 0.4) is 0 Å². The first-order chi connectivity index (χ1) is 11.5. The lowest BCUT2D eigenvalue weighted by molar-refractivity contribution is -0.135. The summed E-state index contributed by atoms with van der Waals surface area (Å²) < 4.78 is 5.40. The summed E-state index contributed by atoms with van der Waals surface area (Å²) in [7, 11) is 0. The lowest BCUT2D eigenvalue weighted by atomic mass is 10.0. The van der Waals surface area contributed by atoms with Crippen LogP contribution in [-0.4, -0.2) is 53.5 Å². The summed E-state index contributed by atoms with van der Waals surface area (Å²) in [6, 6.07) is 9.66. The fourth-order valence-corrected chi connectivity index (χ4v) is 3.18. The Balaban J connectivity index is 1.94. The van der Waals surface area contributed by atoms with Crippen LogP contribution in [0.15, 0.2) is 30.3 Å². The van der Waals surface area contributed by atoms with Crippen molar-refractivity contribution < 1.29 is 14.3 Å². The molecule has 1 heterocycles. The molecule has 2 N–H and O–H groups in total. The molecule has 6 heteroatoms. The van der Waals surface area contributed by atoms with Crippen LogP contribution in [0.5, 0.6) is 0 Å². The molecule has 1 aliphatic rings. The van der Waals surface area contributed by atoms with E-state index >= 15 is 0 Å². The van der Waals surface area contributed by atoms with Gasteiger partial charge in [-0.3, -0.25) is 4.79 Å². The summed E-state index contributed by atoms with van der Waals surface area (Å²) in [5, 5.41) is 0. The first-order valence-corrected chi connectivity index (χ1v) is 8.49. The summed E-state index contributed by atoms with van der Waals surface area (Å²) in [4.78, 5) is 27.9. The monoisotopic (exact) mass is 333 g/mol. The number of nitrogens with two attached hydrogens (primary N) is 1. The summed E-state index contributed by atoms with van der Waals surface area (Å²) >= 11 is 0. The Labute approximate surface area is 143 Å². The molecule has 6 nitrogen and oxygen atoms in total. The average Bonchev–Trinajstić information content (AvgIpc) is 2.60. The Kier molecular flexibility index (Phi) is 6.61. The Hall–Kier alpha value is -2.08. The fourth-order valence-electron chi connectivity index (χ4n) is 3.18. The standard InChI is InChI=1S/C18H27N3O3/c1-14(2)21(17(22)11-19)16-9-6-10-20(12-16)18(23)24-13-15-7-4-3-5-8-15/h3-5,7-8,14,16H,6,9-13,19H2,1-2H3/t16-/m0/s1. The molecule has 0 aromatic heterocycles. The minimum absolute atomic E-state index is 0.000856. The molecule has 2 amide bonds. The van der Waals surface area contributed by atoms with Crippen LogP contribution in [0.2, 0.25) is 0 Å². The number of hydrogen-bond donors (Lipinski definition) is 1. The van der Waals surface area contributed by atoms with Gasteiger partial charge in [0.15, 0.2) is 0 Å². The molecule has 0 spiro atoms. The molecule has 1 aliphatic heterocycles. The number of rotatable bonds is 5. The molecule has 132 valence electrons. The highest BCUT2D eigenvalue weighted by Crippen LogP contribution is 2.19. The molecule has 1 atom stereocenters.